The van der Waals surface area contributed by atoms with E-state index < -0.39 is 40.8 Å². The molecule has 3 aromatic rings. The molecular weight excluding hydrogens is 715 g/mol. The molecule has 0 bridgehead atoms. The summed E-state index contributed by atoms with van der Waals surface area (Å²) in [5, 5.41) is 8.71. The van der Waals surface area contributed by atoms with Gasteiger partial charge in [0.2, 0.25) is 17.7 Å². The Morgan fingerprint density at radius 2 is 1.69 bits per heavy atom. The van der Waals surface area contributed by atoms with E-state index in [4.69, 9.17) is 0 Å². The van der Waals surface area contributed by atoms with Crippen molar-refractivity contribution < 1.29 is 32.8 Å². The zero-order valence-electron chi connectivity index (χ0n) is 30.9. The Balaban J connectivity index is 1.26. The van der Waals surface area contributed by atoms with Gasteiger partial charge in [-0.2, -0.15) is 11.8 Å². The highest BCUT2D eigenvalue weighted by molar-refractivity contribution is 7.99. The molecule has 11 nitrogen and oxygen atoms in total. The van der Waals surface area contributed by atoms with E-state index in [1.807, 2.05) is 52.1 Å². The van der Waals surface area contributed by atoms with Crippen molar-refractivity contribution in [3.63, 3.8) is 0 Å². The molecule has 0 aliphatic carbocycles. The molecule has 1 saturated heterocycles. The predicted octanol–water partition coefficient (Wildman–Crippen LogP) is 4.29. The van der Waals surface area contributed by atoms with E-state index in [1.165, 1.54) is 17.8 Å². The first-order valence-corrected chi connectivity index (χ1v) is 19.3. The molecule has 14 heteroatoms. The molecule has 5 amide bonds. The zero-order chi connectivity index (χ0) is 38.8. The minimum Gasteiger partial charge on any atom is -0.354 e. The summed E-state index contributed by atoms with van der Waals surface area (Å²) in [7, 11) is 0. The fourth-order valence-corrected chi connectivity index (χ4v) is 7.61. The summed E-state index contributed by atoms with van der Waals surface area (Å²) in [6.45, 7) is 8.76. The second kappa shape index (κ2) is 18.5. The van der Waals surface area contributed by atoms with Crippen LogP contribution < -0.4 is 16.0 Å². The monoisotopic (exact) mass is 762 g/mol. The molecule has 2 atom stereocenters. The van der Waals surface area contributed by atoms with E-state index in [0.717, 1.165) is 60.0 Å². The van der Waals surface area contributed by atoms with Crippen molar-refractivity contribution in [2.45, 2.75) is 46.2 Å². The summed E-state index contributed by atoms with van der Waals surface area (Å²) in [6.07, 6.45) is 5.13. The Morgan fingerprint density at radius 1 is 0.981 bits per heavy atom. The number of nitrogens with one attached hydrogen (secondary N) is 3. The number of hydrogen-bond acceptors (Lipinski definition) is 7. The smallest absolute Gasteiger partial charge is 0.254 e. The summed E-state index contributed by atoms with van der Waals surface area (Å²) < 4.78 is 31.6. The van der Waals surface area contributed by atoms with Gasteiger partial charge in [-0.25, -0.2) is 8.78 Å². The van der Waals surface area contributed by atoms with E-state index >= 15 is 4.39 Å². The standard InChI is InChI=1S/C40H48F2N6O5S/c1-40(2,3)39(33-19-29(31-20-30(41)9-10-32(31)42)24-46(33)22-27-7-5-4-6-8-27)48(23-28-13-15-43-21-28)38(53)26-54-18-14-34(49)44-16-17-45-35(50)25-47-36(51)11-12-37(47)52/h4-12,19-20,24,28,39,43H,13-18,21-23,25-26H2,1-3H3,(H,44,49)(H,45,50). The van der Waals surface area contributed by atoms with Gasteiger partial charge >= 0.3 is 0 Å². The summed E-state index contributed by atoms with van der Waals surface area (Å²) in [4.78, 5) is 65.0. The summed E-state index contributed by atoms with van der Waals surface area (Å²) >= 11 is 1.36. The molecular formula is C40H48F2N6O5S. The number of aromatic nitrogens is 1. The van der Waals surface area contributed by atoms with Crippen molar-refractivity contribution in [1.29, 1.82) is 0 Å². The molecule has 0 spiro atoms. The number of carbonyl (C=O) groups is 5. The van der Waals surface area contributed by atoms with Crippen molar-refractivity contribution in [1.82, 2.24) is 30.3 Å². The number of rotatable bonds is 17. The third-order valence-corrected chi connectivity index (χ3v) is 10.3. The molecule has 288 valence electrons. The van der Waals surface area contributed by atoms with E-state index in [1.54, 1.807) is 0 Å². The van der Waals surface area contributed by atoms with Crippen LogP contribution in [0.15, 0.2) is 72.9 Å². The topological polar surface area (TPSA) is 133 Å². The number of thioether (sulfide) groups is 1. The van der Waals surface area contributed by atoms with Crippen LogP contribution in [-0.2, 0) is 30.5 Å². The molecule has 3 heterocycles. The van der Waals surface area contributed by atoms with Crippen LogP contribution in [0.2, 0.25) is 0 Å². The normalized spacial score (nSPS) is 16.2. The number of nitrogens with zero attached hydrogens (tertiary/aromatic N) is 3. The van der Waals surface area contributed by atoms with Crippen LogP contribution in [0.25, 0.3) is 11.1 Å². The number of amides is 5. The number of hydrogen-bond donors (Lipinski definition) is 3. The van der Waals surface area contributed by atoms with Gasteiger partial charge in [0.25, 0.3) is 11.8 Å². The van der Waals surface area contributed by atoms with Crippen LogP contribution in [0, 0.1) is 23.0 Å². The number of benzene rings is 2. The summed E-state index contributed by atoms with van der Waals surface area (Å²) in [5.74, 6) is -2.22. The van der Waals surface area contributed by atoms with Gasteiger partial charge in [0.05, 0.1) is 11.8 Å². The predicted molar refractivity (Wildman–Crippen MR) is 204 cm³/mol. The zero-order valence-corrected chi connectivity index (χ0v) is 31.7. The molecule has 0 saturated carbocycles. The quantitative estimate of drug-likeness (QED) is 0.138. The van der Waals surface area contributed by atoms with Gasteiger partial charge in [0, 0.05) is 73.5 Å². The second-order valence-electron chi connectivity index (χ2n) is 14.7. The van der Waals surface area contributed by atoms with Crippen LogP contribution in [0.4, 0.5) is 8.78 Å². The maximum atomic E-state index is 15.1. The van der Waals surface area contributed by atoms with Gasteiger partial charge in [-0.15, -0.1) is 0 Å². The Labute approximate surface area is 318 Å². The average molecular weight is 763 g/mol. The molecule has 0 radical (unpaired) electrons. The van der Waals surface area contributed by atoms with Gasteiger partial charge in [-0.05, 0) is 60.7 Å². The highest BCUT2D eigenvalue weighted by Gasteiger charge is 2.38. The molecule has 1 fully saturated rings. The van der Waals surface area contributed by atoms with E-state index in [0.29, 0.717) is 24.4 Å². The van der Waals surface area contributed by atoms with E-state index in [-0.39, 0.29) is 55.1 Å². The van der Waals surface area contributed by atoms with Crippen molar-refractivity contribution in [3.8, 4) is 11.1 Å². The molecule has 2 aromatic carbocycles. The van der Waals surface area contributed by atoms with Gasteiger partial charge in [0.15, 0.2) is 0 Å². The van der Waals surface area contributed by atoms with Crippen molar-refractivity contribution in [2.75, 3.05) is 50.8 Å². The van der Waals surface area contributed by atoms with Gasteiger partial charge in [-0.1, -0.05) is 51.1 Å². The Morgan fingerprint density at radius 3 is 2.35 bits per heavy atom. The Hall–Kier alpha value is -4.82. The van der Waals surface area contributed by atoms with E-state index in [2.05, 4.69) is 36.7 Å². The lowest BCUT2D eigenvalue weighted by atomic mass is 9.82. The highest BCUT2D eigenvalue weighted by Crippen LogP contribution is 2.42. The molecule has 2 aliphatic rings. The molecule has 1 aromatic heterocycles. The molecule has 5 rings (SSSR count). The fourth-order valence-electron chi connectivity index (χ4n) is 6.80. The van der Waals surface area contributed by atoms with Crippen LogP contribution in [0.5, 0.6) is 0 Å². The van der Waals surface area contributed by atoms with Crippen molar-refractivity contribution in [3.05, 3.63) is 95.8 Å². The minimum absolute atomic E-state index is 0.0777. The number of halogens is 2. The Bertz CT molecular complexity index is 1840. The van der Waals surface area contributed by atoms with Crippen LogP contribution in [0.1, 0.15) is 50.9 Å². The highest BCUT2D eigenvalue weighted by atomic mass is 32.2. The van der Waals surface area contributed by atoms with E-state index in [9.17, 15) is 28.4 Å². The molecule has 2 unspecified atom stereocenters. The number of imide groups is 1. The SMILES string of the molecule is CC(C)(C)C(c1cc(-c2cc(F)ccc2F)cn1Cc1ccccc1)N(CC1CCNC1)C(=O)CSCCC(=O)NCCNC(=O)CN1C(=O)C=CC1=O. The largest absolute Gasteiger partial charge is 0.354 e. The first kappa shape index (κ1) is 40.4. The third-order valence-electron chi connectivity index (χ3n) is 9.39. The second-order valence-corrected chi connectivity index (χ2v) is 15.8. The average Bonchev–Trinajstić information content (AvgIpc) is 3.87. The maximum Gasteiger partial charge on any atom is 0.254 e. The third kappa shape index (κ3) is 10.9. The molecule has 2 aliphatic heterocycles. The molecule has 3 N–H and O–H groups in total. The first-order valence-electron chi connectivity index (χ1n) is 18.1. The van der Waals surface area contributed by atoms with Crippen LogP contribution in [-0.4, -0.2) is 94.7 Å². The maximum absolute atomic E-state index is 15.1. The Kier molecular flexibility index (Phi) is 13.8. The van der Waals surface area contributed by atoms with Gasteiger partial charge in [-0.3, -0.25) is 28.9 Å². The van der Waals surface area contributed by atoms with Crippen molar-refractivity contribution >= 4 is 41.3 Å². The van der Waals surface area contributed by atoms with Gasteiger partial charge in [0.1, 0.15) is 18.2 Å². The minimum atomic E-state index is -0.545. The molecule has 54 heavy (non-hydrogen) atoms. The lowest BCUT2D eigenvalue weighted by molar-refractivity contribution is -0.141. The van der Waals surface area contributed by atoms with Crippen LogP contribution in [0.3, 0.4) is 0 Å². The van der Waals surface area contributed by atoms with Crippen molar-refractivity contribution in [2.24, 2.45) is 11.3 Å². The van der Waals surface area contributed by atoms with Crippen LogP contribution >= 0.6 is 11.8 Å². The summed E-state index contributed by atoms with van der Waals surface area (Å²) in [5.41, 5.74) is 2.06. The summed E-state index contributed by atoms with van der Waals surface area (Å²) in [6, 6.07) is 14.7. The first-order chi connectivity index (χ1) is 25.8. The lowest BCUT2D eigenvalue weighted by Gasteiger charge is -2.42. The fraction of sp³-hybridized carbons (Fsp3) is 0.425. The van der Waals surface area contributed by atoms with Gasteiger partial charge < -0.3 is 25.4 Å². The lowest BCUT2D eigenvalue weighted by Crippen LogP contribution is -2.45. The number of carbonyl (C=O) groups excluding carboxylic acids is 5.